The fourth-order valence-corrected chi connectivity index (χ4v) is 4.35. The summed E-state index contributed by atoms with van der Waals surface area (Å²) < 4.78 is 0. The van der Waals surface area contributed by atoms with Gasteiger partial charge in [-0.05, 0) is 41.3 Å². The van der Waals surface area contributed by atoms with E-state index in [1.807, 2.05) is 56.3 Å². The fourth-order valence-electron chi connectivity index (χ4n) is 3.71. The Balaban J connectivity index is 2.00. The van der Waals surface area contributed by atoms with Gasteiger partial charge < -0.3 is 10.2 Å². The number of hydrogen-bond donors (Lipinski definition) is 1. The number of carbonyl (C=O) groups excluding carboxylic acids is 2. The van der Waals surface area contributed by atoms with Gasteiger partial charge in [0.05, 0.1) is 6.42 Å². The second-order valence-electron chi connectivity index (χ2n) is 8.87. The van der Waals surface area contributed by atoms with Crippen molar-refractivity contribution in [1.29, 1.82) is 0 Å². The first-order valence-corrected chi connectivity index (χ1v) is 12.7. The highest BCUT2D eigenvalue weighted by Gasteiger charge is 2.31. The van der Waals surface area contributed by atoms with E-state index in [-0.39, 0.29) is 30.7 Å². The standard InChI is InChI=1S/C28H29Cl3N2O2/c1-19(2)17-32-28(35)26(15-20-7-4-3-5-8-20)33(18-23-24(30)9-6-10-25(23)31)27(34)16-21-11-13-22(29)14-12-21/h3-14,19,26H,15-18H2,1-2H3,(H,32,35)/t26-/m0/s1. The highest BCUT2D eigenvalue weighted by atomic mass is 35.5. The van der Waals surface area contributed by atoms with E-state index in [9.17, 15) is 9.59 Å². The normalized spacial score (nSPS) is 11.8. The molecule has 3 aromatic rings. The molecule has 1 atom stereocenters. The molecule has 0 spiro atoms. The van der Waals surface area contributed by atoms with Gasteiger partial charge in [-0.15, -0.1) is 0 Å². The zero-order chi connectivity index (χ0) is 25.4. The molecule has 3 rings (SSSR count). The molecule has 3 aromatic carbocycles. The molecule has 0 unspecified atom stereocenters. The number of halogens is 3. The molecule has 0 heterocycles. The molecule has 0 aliphatic heterocycles. The quantitative estimate of drug-likeness (QED) is 0.320. The Morgan fingerprint density at radius 1 is 0.829 bits per heavy atom. The average Bonchev–Trinajstić information content (AvgIpc) is 2.83. The van der Waals surface area contributed by atoms with Crippen molar-refractivity contribution in [2.75, 3.05) is 6.54 Å². The molecule has 1 N–H and O–H groups in total. The molecule has 184 valence electrons. The van der Waals surface area contributed by atoms with Crippen molar-refractivity contribution in [1.82, 2.24) is 10.2 Å². The second-order valence-corrected chi connectivity index (χ2v) is 10.1. The van der Waals surface area contributed by atoms with Crippen LogP contribution < -0.4 is 5.32 Å². The van der Waals surface area contributed by atoms with Crippen LogP contribution in [0.1, 0.15) is 30.5 Å². The summed E-state index contributed by atoms with van der Waals surface area (Å²) in [5, 5.41) is 4.50. The smallest absolute Gasteiger partial charge is 0.243 e. The third-order valence-electron chi connectivity index (χ3n) is 5.61. The van der Waals surface area contributed by atoms with Gasteiger partial charge in [0.25, 0.3) is 0 Å². The first kappa shape index (κ1) is 27.1. The maximum absolute atomic E-state index is 13.7. The molecule has 0 radical (unpaired) electrons. The number of nitrogens with one attached hydrogen (secondary N) is 1. The summed E-state index contributed by atoms with van der Waals surface area (Å²) in [6, 6.07) is 21.3. The van der Waals surface area contributed by atoms with Crippen molar-refractivity contribution >= 4 is 46.6 Å². The first-order chi connectivity index (χ1) is 16.7. The molecule has 0 aromatic heterocycles. The van der Waals surface area contributed by atoms with Gasteiger partial charge in [0.1, 0.15) is 6.04 Å². The lowest BCUT2D eigenvalue weighted by atomic mass is 10.0. The van der Waals surface area contributed by atoms with Crippen molar-refractivity contribution in [2.24, 2.45) is 5.92 Å². The minimum absolute atomic E-state index is 0.109. The number of rotatable bonds is 10. The molecular weight excluding hydrogens is 503 g/mol. The van der Waals surface area contributed by atoms with Gasteiger partial charge in [-0.3, -0.25) is 9.59 Å². The molecule has 0 saturated carbocycles. The minimum atomic E-state index is -0.747. The molecular formula is C28H29Cl3N2O2. The number of amides is 2. The maximum atomic E-state index is 13.7. The Kier molecular flexibility index (Phi) is 10.0. The summed E-state index contributed by atoms with van der Waals surface area (Å²) in [6.07, 6.45) is 0.473. The van der Waals surface area contributed by atoms with E-state index in [2.05, 4.69) is 5.32 Å². The minimum Gasteiger partial charge on any atom is -0.354 e. The van der Waals surface area contributed by atoms with Crippen molar-refractivity contribution in [2.45, 2.75) is 39.3 Å². The first-order valence-electron chi connectivity index (χ1n) is 11.5. The highest BCUT2D eigenvalue weighted by molar-refractivity contribution is 6.36. The molecule has 0 saturated heterocycles. The Morgan fingerprint density at radius 3 is 2.06 bits per heavy atom. The number of benzene rings is 3. The van der Waals surface area contributed by atoms with Crippen LogP contribution in [-0.2, 0) is 29.0 Å². The van der Waals surface area contributed by atoms with E-state index >= 15 is 0 Å². The van der Waals surface area contributed by atoms with E-state index in [4.69, 9.17) is 34.8 Å². The average molecular weight is 532 g/mol. The lowest BCUT2D eigenvalue weighted by Crippen LogP contribution is -2.51. The van der Waals surface area contributed by atoms with Crippen molar-refractivity contribution in [3.63, 3.8) is 0 Å². The predicted octanol–water partition coefficient (Wildman–Crippen LogP) is 6.60. The van der Waals surface area contributed by atoms with Crippen LogP contribution >= 0.6 is 34.8 Å². The highest BCUT2D eigenvalue weighted by Crippen LogP contribution is 2.27. The van der Waals surface area contributed by atoms with Gasteiger partial charge in [0.15, 0.2) is 0 Å². The van der Waals surface area contributed by atoms with E-state index in [1.165, 1.54) is 0 Å². The van der Waals surface area contributed by atoms with E-state index in [0.717, 1.165) is 11.1 Å². The molecule has 4 nitrogen and oxygen atoms in total. The van der Waals surface area contributed by atoms with Gasteiger partial charge in [0, 0.05) is 40.1 Å². The molecule has 0 aliphatic rings. The Bertz CT molecular complexity index is 1110. The number of hydrogen-bond acceptors (Lipinski definition) is 2. The Labute approximate surface area is 222 Å². The summed E-state index contributed by atoms with van der Waals surface area (Å²) in [7, 11) is 0. The Morgan fingerprint density at radius 2 is 1.46 bits per heavy atom. The molecule has 0 fully saturated rings. The third kappa shape index (κ3) is 7.99. The van der Waals surface area contributed by atoms with Gasteiger partial charge in [-0.2, -0.15) is 0 Å². The van der Waals surface area contributed by atoms with Crippen LogP contribution in [0.5, 0.6) is 0 Å². The lowest BCUT2D eigenvalue weighted by molar-refractivity contribution is -0.140. The van der Waals surface area contributed by atoms with E-state index in [0.29, 0.717) is 33.6 Å². The molecule has 35 heavy (non-hydrogen) atoms. The van der Waals surface area contributed by atoms with Gasteiger partial charge in [0.2, 0.25) is 11.8 Å². The SMILES string of the molecule is CC(C)CNC(=O)[C@H](Cc1ccccc1)N(Cc1c(Cl)cccc1Cl)C(=O)Cc1ccc(Cl)cc1. The zero-order valence-corrected chi connectivity index (χ0v) is 22.1. The number of nitrogens with zero attached hydrogens (tertiary/aromatic N) is 1. The van der Waals surface area contributed by atoms with Crippen LogP contribution in [0, 0.1) is 5.92 Å². The molecule has 2 amide bonds. The largest absolute Gasteiger partial charge is 0.354 e. The summed E-state index contributed by atoms with van der Waals surface area (Å²) in [5.41, 5.74) is 2.36. The summed E-state index contributed by atoms with van der Waals surface area (Å²) in [5.74, 6) is -0.147. The lowest BCUT2D eigenvalue weighted by Gasteiger charge is -2.32. The van der Waals surface area contributed by atoms with Gasteiger partial charge >= 0.3 is 0 Å². The van der Waals surface area contributed by atoms with Crippen LogP contribution in [0.25, 0.3) is 0 Å². The van der Waals surface area contributed by atoms with Gasteiger partial charge in [-0.1, -0.05) is 97.2 Å². The summed E-state index contributed by atoms with van der Waals surface area (Å²) >= 11 is 18.9. The fraction of sp³-hybridized carbons (Fsp3) is 0.286. The van der Waals surface area contributed by atoms with Crippen LogP contribution in [0.15, 0.2) is 72.8 Å². The topological polar surface area (TPSA) is 49.4 Å². The summed E-state index contributed by atoms with van der Waals surface area (Å²) in [6.45, 7) is 4.67. The van der Waals surface area contributed by atoms with E-state index < -0.39 is 6.04 Å². The molecule has 0 aliphatic carbocycles. The molecule has 7 heteroatoms. The predicted molar refractivity (Wildman–Crippen MR) is 144 cm³/mol. The van der Waals surface area contributed by atoms with Crippen molar-refractivity contribution in [3.8, 4) is 0 Å². The van der Waals surface area contributed by atoms with Crippen LogP contribution in [0.4, 0.5) is 0 Å². The van der Waals surface area contributed by atoms with Gasteiger partial charge in [-0.25, -0.2) is 0 Å². The zero-order valence-electron chi connectivity index (χ0n) is 19.8. The van der Waals surface area contributed by atoms with Crippen molar-refractivity contribution in [3.05, 3.63) is 105 Å². The van der Waals surface area contributed by atoms with Crippen LogP contribution in [-0.4, -0.2) is 29.3 Å². The third-order valence-corrected chi connectivity index (χ3v) is 6.57. The Hall–Kier alpha value is -2.53. The van der Waals surface area contributed by atoms with E-state index in [1.54, 1.807) is 35.2 Å². The second kappa shape index (κ2) is 13.0. The van der Waals surface area contributed by atoms with Crippen LogP contribution in [0.2, 0.25) is 15.1 Å². The monoisotopic (exact) mass is 530 g/mol. The van der Waals surface area contributed by atoms with Crippen LogP contribution in [0.3, 0.4) is 0 Å². The summed E-state index contributed by atoms with van der Waals surface area (Å²) in [4.78, 5) is 28.8. The maximum Gasteiger partial charge on any atom is 0.243 e. The number of carbonyl (C=O) groups is 2. The molecule has 0 bridgehead atoms. The van der Waals surface area contributed by atoms with Crippen molar-refractivity contribution < 1.29 is 9.59 Å².